The number of benzene rings is 1. The lowest BCUT2D eigenvalue weighted by Gasteiger charge is -2.16. The zero-order valence-electron chi connectivity index (χ0n) is 11.3. The predicted molar refractivity (Wildman–Crippen MR) is 74.7 cm³/mol. The van der Waals surface area contributed by atoms with Gasteiger partial charge in [-0.15, -0.1) is 0 Å². The molecule has 1 unspecified atom stereocenters. The molecule has 0 spiro atoms. The average molecular weight is 257 g/mol. The standard InChI is InChI=1S/C15H19N3O/c1-3-19-14(13-7-5-4-6-8-13)15-17-10-12(9-16-2)11-18-15/h4-8,10-11,14,16H,3,9H2,1-2H3. The van der Waals surface area contributed by atoms with Crippen LogP contribution in [0.1, 0.15) is 30.0 Å². The van der Waals surface area contributed by atoms with Gasteiger partial charge in [-0.05, 0) is 19.5 Å². The van der Waals surface area contributed by atoms with Crippen LogP contribution in [0, 0.1) is 0 Å². The quantitative estimate of drug-likeness (QED) is 0.862. The topological polar surface area (TPSA) is 47.0 Å². The zero-order valence-corrected chi connectivity index (χ0v) is 11.3. The normalized spacial score (nSPS) is 12.3. The minimum atomic E-state index is -0.199. The van der Waals surface area contributed by atoms with Gasteiger partial charge < -0.3 is 10.1 Å². The Morgan fingerprint density at radius 2 is 1.84 bits per heavy atom. The molecule has 0 saturated carbocycles. The summed E-state index contributed by atoms with van der Waals surface area (Å²) in [6.45, 7) is 3.37. The SMILES string of the molecule is CCOC(c1ccccc1)c1ncc(CNC)cn1. The Kier molecular flexibility index (Phi) is 5.01. The smallest absolute Gasteiger partial charge is 0.161 e. The van der Waals surface area contributed by atoms with Crippen LogP contribution in [0.2, 0.25) is 0 Å². The van der Waals surface area contributed by atoms with Gasteiger partial charge in [0.15, 0.2) is 5.82 Å². The Morgan fingerprint density at radius 1 is 1.16 bits per heavy atom. The number of rotatable bonds is 6. The number of aromatic nitrogens is 2. The molecule has 2 rings (SSSR count). The van der Waals surface area contributed by atoms with Crippen LogP contribution >= 0.6 is 0 Å². The summed E-state index contributed by atoms with van der Waals surface area (Å²) >= 11 is 0. The maximum atomic E-state index is 5.77. The highest BCUT2D eigenvalue weighted by molar-refractivity contribution is 5.23. The molecular weight excluding hydrogens is 238 g/mol. The monoisotopic (exact) mass is 257 g/mol. The third-order valence-electron chi connectivity index (χ3n) is 2.78. The van der Waals surface area contributed by atoms with Crippen molar-refractivity contribution in [3.05, 3.63) is 59.7 Å². The predicted octanol–water partition coefficient (Wildman–Crippen LogP) is 2.32. The summed E-state index contributed by atoms with van der Waals surface area (Å²) in [6.07, 6.45) is 3.48. The van der Waals surface area contributed by atoms with E-state index < -0.39 is 0 Å². The van der Waals surface area contributed by atoms with E-state index in [1.54, 1.807) is 0 Å². The van der Waals surface area contributed by atoms with E-state index in [9.17, 15) is 0 Å². The van der Waals surface area contributed by atoms with Crippen LogP contribution in [0.4, 0.5) is 0 Å². The average Bonchev–Trinajstić information content (AvgIpc) is 2.47. The molecule has 0 amide bonds. The second kappa shape index (κ2) is 6.97. The van der Waals surface area contributed by atoms with Crippen molar-refractivity contribution in [2.24, 2.45) is 0 Å². The summed E-state index contributed by atoms with van der Waals surface area (Å²) in [5.41, 5.74) is 2.14. The fourth-order valence-corrected chi connectivity index (χ4v) is 1.91. The van der Waals surface area contributed by atoms with Gasteiger partial charge in [0.1, 0.15) is 6.10 Å². The van der Waals surface area contributed by atoms with Crippen LogP contribution in [0.25, 0.3) is 0 Å². The first-order valence-electron chi connectivity index (χ1n) is 6.47. The second-order valence-electron chi connectivity index (χ2n) is 4.23. The molecular formula is C15H19N3O. The van der Waals surface area contributed by atoms with E-state index in [2.05, 4.69) is 15.3 Å². The van der Waals surface area contributed by atoms with E-state index in [0.29, 0.717) is 12.4 Å². The number of hydrogen-bond acceptors (Lipinski definition) is 4. The van der Waals surface area contributed by atoms with Crippen molar-refractivity contribution in [3.8, 4) is 0 Å². The third kappa shape index (κ3) is 3.59. The van der Waals surface area contributed by atoms with Crippen LogP contribution < -0.4 is 5.32 Å². The lowest BCUT2D eigenvalue weighted by Crippen LogP contribution is -2.12. The molecule has 1 heterocycles. The fraction of sp³-hybridized carbons (Fsp3) is 0.333. The molecule has 4 nitrogen and oxygen atoms in total. The van der Waals surface area contributed by atoms with Crippen molar-refractivity contribution in [1.82, 2.24) is 15.3 Å². The molecule has 1 aromatic carbocycles. The molecule has 0 bridgehead atoms. The Balaban J connectivity index is 2.24. The summed E-state index contributed by atoms with van der Waals surface area (Å²) in [5.74, 6) is 0.702. The molecule has 0 saturated heterocycles. The zero-order chi connectivity index (χ0) is 13.5. The van der Waals surface area contributed by atoms with Gasteiger partial charge in [-0.3, -0.25) is 0 Å². The van der Waals surface area contributed by atoms with Crippen LogP contribution in [0.15, 0.2) is 42.7 Å². The molecule has 19 heavy (non-hydrogen) atoms. The van der Waals surface area contributed by atoms with Gasteiger partial charge >= 0.3 is 0 Å². The van der Waals surface area contributed by atoms with Gasteiger partial charge in [0.25, 0.3) is 0 Å². The van der Waals surface area contributed by atoms with Crippen molar-refractivity contribution < 1.29 is 4.74 Å². The molecule has 0 aliphatic carbocycles. The van der Waals surface area contributed by atoms with Crippen molar-refractivity contribution >= 4 is 0 Å². The van der Waals surface area contributed by atoms with Crippen LogP contribution in [0.3, 0.4) is 0 Å². The minimum absolute atomic E-state index is 0.199. The first-order valence-corrected chi connectivity index (χ1v) is 6.47. The van der Waals surface area contributed by atoms with E-state index in [0.717, 1.165) is 17.7 Å². The molecule has 1 aromatic heterocycles. The van der Waals surface area contributed by atoms with Crippen molar-refractivity contribution in [2.45, 2.75) is 19.6 Å². The molecule has 2 aromatic rings. The molecule has 1 N–H and O–H groups in total. The first kappa shape index (κ1) is 13.6. The maximum Gasteiger partial charge on any atom is 0.161 e. The van der Waals surface area contributed by atoms with Crippen molar-refractivity contribution in [3.63, 3.8) is 0 Å². The molecule has 0 fully saturated rings. The summed E-state index contributed by atoms with van der Waals surface area (Å²) < 4.78 is 5.77. The highest BCUT2D eigenvalue weighted by Crippen LogP contribution is 2.22. The van der Waals surface area contributed by atoms with Gasteiger partial charge in [0.2, 0.25) is 0 Å². The number of ether oxygens (including phenoxy) is 1. The highest BCUT2D eigenvalue weighted by atomic mass is 16.5. The molecule has 100 valence electrons. The van der Waals surface area contributed by atoms with Crippen LogP contribution in [0.5, 0.6) is 0 Å². The molecule has 0 radical (unpaired) electrons. The molecule has 4 heteroatoms. The Bertz CT molecular complexity index is 485. The highest BCUT2D eigenvalue weighted by Gasteiger charge is 2.16. The lowest BCUT2D eigenvalue weighted by molar-refractivity contribution is 0.0850. The van der Waals surface area contributed by atoms with E-state index >= 15 is 0 Å². The van der Waals surface area contributed by atoms with Crippen molar-refractivity contribution in [2.75, 3.05) is 13.7 Å². The van der Waals surface area contributed by atoms with E-state index in [1.165, 1.54) is 0 Å². The van der Waals surface area contributed by atoms with E-state index in [1.807, 2.05) is 56.7 Å². The van der Waals surface area contributed by atoms with Gasteiger partial charge in [-0.2, -0.15) is 0 Å². The fourth-order valence-electron chi connectivity index (χ4n) is 1.91. The lowest BCUT2D eigenvalue weighted by atomic mass is 10.1. The van der Waals surface area contributed by atoms with Gasteiger partial charge in [0.05, 0.1) is 0 Å². The van der Waals surface area contributed by atoms with Crippen LogP contribution in [-0.4, -0.2) is 23.6 Å². The molecule has 0 aliphatic heterocycles. The van der Waals surface area contributed by atoms with Crippen molar-refractivity contribution in [1.29, 1.82) is 0 Å². The van der Waals surface area contributed by atoms with Gasteiger partial charge in [0, 0.05) is 31.1 Å². The molecule has 0 aliphatic rings. The van der Waals surface area contributed by atoms with E-state index in [4.69, 9.17) is 4.74 Å². The number of nitrogens with one attached hydrogen (secondary N) is 1. The number of nitrogens with zero attached hydrogens (tertiary/aromatic N) is 2. The maximum absolute atomic E-state index is 5.77. The summed E-state index contributed by atoms with van der Waals surface area (Å²) in [7, 11) is 1.90. The largest absolute Gasteiger partial charge is 0.366 e. The molecule has 1 atom stereocenters. The summed E-state index contributed by atoms with van der Waals surface area (Å²) in [5, 5.41) is 3.08. The Morgan fingerprint density at radius 3 is 2.42 bits per heavy atom. The van der Waals surface area contributed by atoms with Crippen LogP contribution in [-0.2, 0) is 11.3 Å². The Labute approximate surface area is 113 Å². The first-order chi connectivity index (χ1) is 9.35. The van der Waals surface area contributed by atoms with Gasteiger partial charge in [-0.25, -0.2) is 9.97 Å². The van der Waals surface area contributed by atoms with Gasteiger partial charge in [-0.1, -0.05) is 30.3 Å². The second-order valence-corrected chi connectivity index (χ2v) is 4.23. The summed E-state index contributed by atoms with van der Waals surface area (Å²) in [4.78, 5) is 8.83. The van der Waals surface area contributed by atoms with E-state index in [-0.39, 0.29) is 6.10 Å². The Hall–Kier alpha value is -1.78. The summed E-state index contributed by atoms with van der Waals surface area (Å²) in [6, 6.07) is 10.0. The number of hydrogen-bond donors (Lipinski definition) is 1. The minimum Gasteiger partial charge on any atom is -0.366 e. The third-order valence-corrected chi connectivity index (χ3v) is 2.78.